The monoisotopic (exact) mass is 338 g/mol. The van der Waals surface area contributed by atoms with E-state index in [1.54, 1.807) is 35.9 Å². The molecule has 4 rings (SSSR count). The maximum absolute atomic E-state index is 12.4. The maximum atomic E-state index is 12.4. The molecular weight excluding hydrogens is 324 g/mol. The standard InChI is InChI=1S/C17H14N4O2S/c22-17(18-10-14-4-2-8-24-14)12-5-6-15-19-20-16(21(15)11-12)9-13-3-1-7-23-13/h1-8,11H,9-10H2,(H,18,22). The number of hydrogen-bond acceptors (Lipinski definition) is 5. The Morgan fingerprint density at radius 3 is 2.96 bits per heavy atom. The fraction of sp³-hybridized carbons (Fsp3) is 0.118. The number of furan rings is 1. The van der Waals surface area contributed by atoms with Crippen LogP contribution in [-0.2, 0) is 13.0 Å². The minimum Gasteiger partial charge on any atom is -0.469 e. The first-order valence-corrected chi connectivity index (χ1v) is 8.34. The Morgan fingerprint density at radius 1 is 1.21 bits per heavy atom. The zero-order valence-corrected chi connectivity index (χ0v) is 13.5. The molecule has 4 heterocycles. The molecule has 0 saturated carbocycles. The fourth-order valence-electron chi connectivity index (χ4n) is 2.44. The minimum atomic E-state index is -0.122. The molecule has 0 atom stereocenters. The van der Waals surface area contributed by atoms with Crippen LogP contribution in [0.2, 0.25) is 0 Å². The topological polar surface area (TPSA) is 72.4 Å². The van der Waals surface area contributed by atoms with E-state index in [0.717, 1.165) is 16.5 Å². The lowest BCUT2D eigenvalue weighted by atomic mass is 10.2. The third-order valence-electron chi connectivity index (χ3n) is 3.65. The molecule has 6 nitrogen and oxygen atoms in total. The summed E-state index contributed by atoms with van der Waals surface area (Å²) in [5.74, 6) is 1.41. The molecule has 0 aliphatic carbocycles. The van der Waals surface area contributed by atoms with Gasteiger partial charge >= 0.3 is 0 Å². The van der Waals surface area contributed by atoms with Crippen molar-refractivity contribution in [3.63, 3.8) is 0 Å². The lowest BCUT2D eigenvalue weighted by molar-refractivity contribution is 0.0951. The van der Waals surface area contributed by atoms with Crippen molar-refractivity contribution < 1.29 is 9.21 Å². The lowest BCUT2D eigenvalue weighted by Gasteiger charge is -2.05. The van der Waals surface area contributed by atoms with E-state index in [1.165, 1.54) is 0 Å². The second-order valence-corrected chi connectivity index (χ2v) is 6.31. The van der Waals surface area contributed by atoms with Crippen molar-refractivity contribution in [3.8, 4) is 0 Å². The molecule has 0 aliphatic heterocycles. The molecule has 1 amide bonds. The Morgan fingerprint density at radius 2 is 2.17 bits per heavy atom. The van der Waals surface area contributed by atoms with E-state index in [4.69, 9.17) is 4.42 Å². The maximum Gasteiger partial charge on any atom is 0.253 e. The summed E-state index contributed by atoms with van der Waals surface area (Å²) in [6.45, 7) is 0.524. The van der Waals surface area contributed by atoms with Crippen LogP contribution in [0.5, 0.6) is 0 Å². The Kier molecular flexibility index (Phi) is 3.84. The van der Waals surface area contributed by atoms with Crippen LogP contribution in [0.15, 0.2) is 58.7 Å². The number of thiophene rings is 1. The highest BCUT2D eigenvalue weighted by Gasteiger charge is 2.12. The van der Waals surface area contributed by atoms with Gasteiger partial charge in [-0.15, -0.1) is 21.5 Å². The molecule has 0 radical (unpaired) electrons. The van der Waals surface area contributed by atoms with Crippen LogP contribution in [0, 0.1) is 0 Å². The van der Waals surface area contributed by atoms with Gasteiger partial charge in [0.15, 0.2) is 5.65 Å². The largest absolute Gasteiger partial charge is 0.469 e. The van der Waals surface area contributed by atoms with Crippen LogP contribution in [0.1, 0.15) is 26.8 Å². The lowest BCUT2D eigenvalue weighted by Crippen LogP contribution is -2.22. The molecule has 120 valence electrons. The van der Waals surface area contributed by atoms with Gasteiger partial charge in [0.2, 0.25) is 0 Å². The Bertz CT molecular complexity index is 958. The summed E-state index contributed by atoms with van der Waals surface area (Å²) in [5.41, 5.74) is 1.27. The smallest absolute Gasteiger partial charge is 0.253 e. The second-order valence-electron chi connectivity index (χ2n) is 5.28. The van der Waals surface area contributed by atoms with Gasteiger partial charge in [-0.2, -0.15) is 0 Å². The molecule has 24 heavy (non-hydrogen) atoms. The number of nitrogens with one attached hydrogen (secondary N) is 1. The predicted molar refractivity (Wildman–Crippen MR) is 90.0 cm³/mol. The van der Waals surface area contributed by atoms with Crippen molar-refractivity contribution in [2.24, 2.45) is 0 Å². The first-order valence-electron chi connectivity index (χ1n) is 7.46. The number of amides is 1. The molecule has 0 aromatic carbocycles. The highest BCUT2D eigenvalue weighted by molar-refractivity contribution is 7.09. The SMILES string of the molecule is O=C(NCc1cccs1)c1ccc2nnc(Cc3ccco3)n2c1. The summed E-state index contributed by atoms with van der Waals surface area (Å²) in [4.78, 5) is 13.5. The van der Waals surface area contributed by atoms with E-state index >= 15 is 0 Å². The summed E-state index contributed by atoms with van der Waals surface area (Å²) >= 11 is 1.62. The van der Waals surface area contributed by atoms with Crippen molar-refractivity contribution in [2.45, 2.75) is 13.0 Å². The highest BCUT2D eigenvalue weighted by atomic mass is 32.1. The molecule has 4 aromatic heterocycles. The highest BCUT2D eigenvalue weighted by Crippen LogP contribution is 2.13. The van der Waals surface area contributed by atoms with Gasteiger partial charge in [0, 0.05) is 11.1 Å². The molecule has 0 unspecified atom stereocenters. The summed E-state index contributed by atoms with van der Waals surface area (Å²) < 4.78 is 7.18. The number of fused-ring (bicyclic) bond motifs is 1. The summed E-state index contributed by atoms with van der Waals surface area (Å²) in [6.07, 6.45) is 3.91. The van der Waals surface area contributed by atoms with Crippen molar-refractivity contribution in [1.82, 2.24) is 19.9 Å². The van der Waals surface area contributed by atoms with Crippen LogP contribution >= 0.6 is 11.3 Å². The van der Waals surface area contributed by atoms with E-state index in [2.05, 4.69) is 15.5 Å². The normalized spacial score (nSPS) is 11.0. The van der Waals surface area contributed by atoms with Crippen molar-refractivity contribution in [1.29, 1.82) is 0 Å². The Labute approximate surface area is 141 Å². The fourth-order valence-corrected chi connectivity index (χ4v) is 3.09. The minimum absolute atomic E-state index is 0.122. The molecular formula is C17H14N4O2S. The van der Waals surface area contributed by atoms with Gasteiger partial charge in [0.25, 0.3) is 5.91 Å². The number of aromatic nitrogens is 3. The number of rotatable bonds is 5. The van der Waals surface area contributed by atoms with E-state index < -0.39 is 0 Å². The average molecular weight is 338 g/mol. The van der Waals surface area contributed by atoms with Gasteiger partial charge in [-0.1, -0.05) is 6.07 Å². The van der Waals surface area contributed by atoms with Crippen LogP contribution in [-0.4, -0.2) is 20.5 Å². The number of carbonyl (C=O) groups is 1. The first kappa shape index (κ1) is 14.6. The Hall–Kier alpha value is -2.93. The van der Waals surface area contributed by atoms with Gasteiger partial charge in [-0.3, -0.25) is 9.20 Å². The molecule has 7 heteroatoms. The van der Waals surface area contributed by atoms with E-state index in [-0.39, 0.29) is 5.91 Å². The van der Waals surface area contributed by atoms with Crippen molar-refractivity contribution in [2.75, 3.05) is 0 Å². The molecule has 0 saturated heterocycles. The van der Waals surface area contributed by atoms with Crippen LogP contribution in [0.25, 0.3) is 5.65 Å². The summed E-state index contributed by atoms with van der Waals surface area (Å²) in [6, 6.07) is 11.2. The van der Waals surface area contributed by atoms with Crippen LogP contribution in [0.3, 0.4) is 0 Å². The van der Waals surface area contributed by atoms with Gasteiger partial charge in [0.05, 0.1) is 24.8 Å². The zero-order valence-electron chi connectivity index (χ0n) is 12.7. The summed E-state index contributed by atoms with van der Waals surface area (Å²) in [7, 11) is 0. The van der Waals surface area contributed by atoms with E-state index in [9.17, 15) is 4.79 Å². The molecule has 0 fully saturated rings. The molecule has 0 bridgehead atoms. The van der Waals surface area contributed by atoms with Gasteiger partial charge < -0.3 is 9.73 Å². The third kappa shape index (κ3) is 2.93. The Balaban J connectivity index is 1.56. The molecule has 0 spiro atoms. The van der Waals surface area contributed by atoms with Gasteiger partial charge in [-0.25, -0.2) is 0 Å². The average Bonchev–Trinajstić information content (AvgIpc) is 3.35. The first-order chi connectivity index (χ1) is 11.8. The number of pyridine rings is 1. The van der Waals surface area contributed by atoms with E-state index in [1.807, 2.05) is 34.0 Å². The van der Waals surface area contributed by atoms with Crippen LogP contribution in [0.4, 0.5) is 0 Å². The molecule has 1 N–H and O–H groups in total. The van der Waals surface area contributed by atoms with Gasteiger partial charge in [-0.05, 0) is 35.7 Å². The summed E-state index contributed by atoms with van der Waals surface area (Å²) in [5, 5.41) is 13.2. The predicted octanol–water partition coefficient (Wildman–Crippen LogP) is 2.90. The number of carbonyl (C=O) groups excluding carboxylic acids is 1. The van der Waals surface area contributed by atoms with Crippen molar-refractivity contribution in [3.05, 3.63) is 76.3 Å². The number of hydrogen-bond donors (Lipinski definition) is 1. The van der Waals surface area contributed by atoms with Crippen LogP contribution < -0.4 is 5.32 Å². The zero-order chi connectivity index (χ0) is 16.4. The van der Waals surface area contributed by atoms with E-state index in [0.29, 0.717) is 24.2 Å². The molecule has 0 aliphatic rings. The van der Waals surface area contributed by atoms with Crippen molar-refractivity contribution >= 4 is 22.9 Å². The van der Waals surface area contributed by atoms with Gasteiger partial charge in [0.1, 0.15) is 11.6 Å². The molecule has 4 aromatic rings. The third-order valence-corrected chi connectivity index (χ3v) is 4.53. The second kappa shape index (κ2) is 6.29. The number of nitrogens with zero attached hydrogens (tertiary/aromatic N) is 3. The quantitative estimate of drug-likeness (QED) is 0.607.